The van der Waals surface area contributed by atoms with E-state index >= 15 is 0 Å². The van der Waals surface area contributed by atoms with Crippen LogP contribution < -0.4 is 4.74 Å². The minimum absolute atomic E-state index is 0.197. The second-order valence-electron chi connectivity index (χ2n) is 4.66. The molecule has 2 aliphatic rings. The minimum Gasteiger partial charge on any atom is -0.496 e. The lowest BCUT2D eigenvalue weighted by Crippen LogP contribution is -2.35. The van der Waals surface area contributed by atoms with Gasteiger partial charge in [-0.05, 0) is 23.6 Å². The Kier molecular flexibility index (Phi) is 3.06. The van der Waals surface area contributed by atoms with E-state index in [1.165, 1.54) is 0 Å². The maximum Gasteiger partial charge on any atom is 0.167 e. The molecule has 1 aromatic rings. The molecule has 1 fully saturated rings. The van der Waals surface area contributed by atoms with Crippen molar-refractivity contribution >= 4 is 5.78 Å². The third-order valence-electron chi connectivity index (χ3n) is 3.63. The van der Waals surface area contributed by atoms with E-state index in [1.54, 1.807) is 7.11 Å². The van der Waals surface area contributed by atoms with Crippen molar-refractivity contribution in [2.24, 2.45) is 5.92 Å². The molecular formula is C14H16O4. The number of benzene rings is 1. The molecule has 18 heavy (non-hydrogen) atoms. The zero-order valence-corrected chi connectivity index (χ0v) is 10.3. The van der Waals surface area contributed by atoms with Crippen LogP contribution in [0.2, 0.25) is 0 Å². The molecule has 96 valence electrons. The number of hydrogen-bond donors (Lipinski definition) is 0. The van der Waals surface area contributed by atoms with Crippen molar-refractivity contribution in [3.63, 3.8) is 0 Å². The van der Waals surface area contributed by atoms with Crippen molar-refractivity contribution in [3.8, 4) is 5.75 Å². The quantitative estimate of drug-likeness (QED) is 0.792. The first-order valence-corrected chi connectivity index (χ1v) is 6.20. The summed E-state index contributed by atoms with van der Waals surface area (Å²) in [5.41, 5.74) is 2.18. The normalized spacial score (nSPS) is 24.1. The summed E-state index contributed by atoms with van der Waals surface area (Å²) in [5.74, 6) is 0.849. The molecule has 1 atom stereocenters. The average Bonchev–Trinajstić information content (AvgIpc) is 2.90. The second kappa shape index (κ2) is 4.71. The van der Waals surface area contributed by atoms with Crippen LogP contribution in [0.5, 0.6) is 5.75 Å². The molecule has 1 aromatic carbocycles. The fourth-order valence-corrected chi connectivity index (χ4v) is 2.71. The third kappa shape index (κ3) is 1.91. The highest BCUT2D eigenvalue weighted by atomic mass is 16.7. The predicted octanol–water partition coefficient (Wildman–Crippen LogP) is 1.35. The zero-order valence-electron chi connectivity index (χ0n) is 10.3. The Morgan fingerprint density at radius 3 is 2.78 bits per heavy atom. The van der Waals surface area contributed by atoms with E-state index in [9.17, 15) is 4.79 Å². The molecule has 1 unspecified atom stereocenters. The summed E-state index contributed by atoms with van der Waals surface area (Å²) >= 11 is 0. The number of fused-ring (bicyclic) bond motifs is 1. The highest BCUT2D eigenvalue weighted by Gasteiger charge is 2.37. The molecule has 0 amide bonds. The van der Waals surface area contributed by atoms with Gasteiger partial charge in [0.2, 0.25) is 0 Å². The van der Waals surface area contributed by atoms with Gasteiger partial charge in [-0.2, -0.15) is 0 Å². The second-order valence-corrected chi connectivity index (χ2v) is 4.66. The van der Waals surface area contributed by atoms with Crippen LogP contribution in [0.4, 0.5) is 0 Å². The highest BCUT2D eigenvalue weighted by molar-refractivity contribution is 5.86. The summed E-state index contributed by atoms with van der Waals surface area (Å²) in [6, 6.07) is 5.85. The van der Waals surface area contributed by atoms with Gasteiger partial charge in [0, 0.05) is 6.42 Å². The molecule has 1 saturated heterocycles. The number of ether oxygens (including phenoxy) is 3. The van der Waals surface area contributed by atoms with Crippen molar-refractivity contribution in [1.29, 1.82) is 0 Å². The Hall–Kier alpha value is -1.39. The molecule has 0 saturated carbocycles. The Morgan fingerprint density at radius 1 is 1.28 bits per heavy atom. The number of rotatable bonds is 2. The molecule has 0 bridgehead atoms. The lowest BCUT2D eigenvalue weighted by Gasteiger charge is -2.27. The van der Waals surface area contributed by atoms with Gasteiger partial charge in [0.15, 0.2) is 6.29 Å². The number of methoxy groups -OCH3 is 1. The molecular weight excluding hydrogens is 232 g/mol. The molecule has 0 N–H and O–H groups in total. The van der Waals surface area contributed by atoms with Gasteiger partial charge in [-0.1, -0.05) is 12.1 Å². The summed E-state index contributed by atoms with van der Waals surface area (Å²) in [6.45, 7) is 1.15. The van der Waals surface area contributed by atoms with Crippen LogP contribution in [-0.2, 0) is 27.1 Å². The van der Waals surface area contributed by atoms with E-state index in [2.05, 4.69) is 0 Å². The van der Waals surface area contributed by atoms with Crippen LogP contribution >= 0.6 is 0 Å². The topological polar surface area (TPSA) is 44.8 Å². The van der Waals surface area contributed by atoms with Gasteiger partial charge in [-0.15, -0.1) is 0 Å². The number of hydrogen-bond acceptors (Lipinski definition) is 4. The van der Waals surface area contributed by atoms with Crippen LogP contribution in [0.3, 0.4) is 0 Å². The summed E-state index contributed by atoms with van der Waals surface area (Å²) in [5, 5.41) is 0. The molecule has 3 rings (SSSR count). The van der Waals surface area contributed by atoms with Gasteiger partial charge >= 0.3 is 0 Å². The average molecular weight is 248 g/mol. The molecule has 0 aromatic heterocycles. The van der Waals surface area contributed by atoms with Gasteiger partial charge in [0.1, 0.15) is 11.5 Å². The maximum absolute atomic E-state index is 12.1. The number of ketones is 1. The van der Waals surface area contributed by atoms with E-state index in [-0.39, 0.29) is 18.0 Å². The molecule has 4 nitrogen and oxygen atoms in total. The van der Waals surface area contributed by atoms with E-state index in [4.69, 9.17) is 14.2 Å². The Morgan fingerprint density at radius 2 is 2.06 bits per heavy atom. The van der Waals surface area contributed by atoms with Gasteiger partial charge in [0.05, 0.1) is 26.2 Å². The lowest BCUT2D eigenvalue weighted by molar-refractivity contribution is -0.139. The van der Waals surface area contributed by atoms with E-state index in [0.717, 1.165) is 16.9 Å². The zero-order chi connectivity index (χ0) is 12.5. The summed E-state index contributed by atoms with van der Waals surface area (Å²) in [7, 11) is 1.66. The van der Waals surface area contributed by atoms with Crippen LogP contribution in [0.15, 0.2) is 18.2 Å². The van der Waals surface area contributed by atoms with Gasteiger partial charge in [0.25, 0.3) is 0 Å². The summed E-state index contributed by atoms with van der Waals surface area (Å²) in [6.07, 6.45) is 0.707. The fraction of sp³-hybridized carbons (Fsp3) is 0.500. The first kappa shape index (κ1) is 11.7. The highest BCUT2D eigenvalue weighted by Crippen LogP contribution is 2.33. The Labute approximate surface area is 106 Å². The molecule has 0 spiro atoms. The summed E-state index contributed by atoms with van der Waals surface area (Å²) in [4.78, 5) is 12.1. The largest absolute Gasteiger partial charge is 0.496 e. The van der Waals surface area contributed by atoms with E-state index in [0.29, 0.717) is 26.1 Å². The molecule has 4 heteroatoms. The van der Waals surface area contributed by atoms with E-state index in [1.807, 2.05) is 18.2 Å². The summed E-state index contributed by atoms with van der Waals surface area (Å²) < 4.78 is 16.3. The van der Waals surface area contributed by atoms with Gasteiger partial charge in [-0.3, -0.25) is 4.79 Å². The molecule has 0 radical (unpaired) electrons. The molecule has 1 heterocycles. The monoisotopic (exact) mass is 248 g/mol. The van der Waals surface area contributed by atoms with Gasteiger partial charge < -0.3 is 14.2 Å². The Bertz CT molecular complexity index is 463. The van der Waals surface area contributed by atoms with Crippen LogP contribution in [-0.4, -0.2) is 32.4 Å². The van der Waals surface area contributed by atoms with Crippen molar-refractivity contribution in [2.45, 2.75) is 19.1 Å². The standard InChI is InChI=1S/C14H16O4/c1-16-13-4-2-3-9-7-12(15)11(8-10(9)13)14-17-5-6-18-14/h2-4,11,14H,5-8H2,1H3. The third-order valence-corrected chi connectivity index (χ3v) is 3.63. The van der Waals surface area contributed by atoms with Gasteiger partial charge in [-0.25, -0.2) is 0 Å². The predicted molar refractivity (Wildman–Crippen MR) is 64.6 cm³/mol. The van der Waals surface area contributed by atoms with Crippen molar-refractivity contribution in [1.82, 2.24) is 0 Å². The van der Waals surface area contributed by atoms with Crippen molar-refractivity contribution in [2.75, 3.05) is 20.3 Å². The van der Waals surface area contributed by atoms with Crippen molar-refractivity contribution in [3.05, 3.63) is 29.3 Å². The molecule has 1 aliphatic heterocycles. The molecule has 1 aliphatic carbocycles. The van der Waals surface area contributed by atoms with E-state index < -0.39 is 0 Å². The smallest absolute Gasteiger partial charge is 0.167 e. The SMILES string of the molecule is COc1cccc2c1CC(C1OCCO1)C(=O)C2. The lowest BCUT2D eigenvalue weighted by atomic mass is 9.82. The first-order chi connectivity index (χ1) is 8.79. The first-order valence-electron chi connectivity index (χ1n) is 6.20. The van der Waals surface area contributed by atoms with Crippen LogP contribution in [0, 0.1) is 5.92 Å². The number of carbonyl (C=O) groups is 1. The number of carbonyl (C=O) groups excluding carboxylic acids is 1. The Balaban J connectivity index is 1.91. The maximum atomic E-state index is 12.1. The van der Waals surface area contributed by atoms with Crippen molar-refractivity contribution < 1.29 is 19.0 Å². The minimum atomic E-state index is -0.379. The fourth-order valence-electron chi connectivity index (χ4n) is 2.71. The van der Waals surface area contributed by atoms with Crippen LogP contribution in [0.1, 0.15) is 11.1 Å². The number of Topliss-reactive ketones (excluding diaryl/α,β-unsaturated/α-hetero) is 1. The van der Waals surface area contributed by atoms with Crippen LogP contribution in [0.25, 0.3) is 0 Å².